The summed E-state index contributed by atoms with van der Waals surface area (Å²) in [5.41, 5.74) is 1.23. The van der Waals surface area contributed by atoms with Crippen molar-refractivity contribution in [1.82, 2.24) is 5.32 Å². The molecule has 0 aromatic heterocycles. The lowest BCUT2D eigenvalue weighted by Crippen LogP contribution is -2.34. The molecule has 21 heavy (non-hydrogen) atoms. The number of benzene rings is 1. The topological polar surface area (TPSA) is 46.2 Å². The van der Waals surface area contributed by atoms with Gasteiger partial charge in [-0.2, -0.15) is 0 Å². The van der Waals surface area contributed by atoms with Crippen molar-refractivity contribution >= 4 is 48.4 Å². The van der Waals surface area contributed by atoms with Gasteiger partial charge in [-0.25, -0.2) is 8.42 Å². The third-order valence-electron chi connectivity index (χ3n) is 4.35. The molecule has 0 aliphatic heterocycles. The highest BCUT2D eigenvalue weighted by molar-refractivity contribution is 14.1. The van der Waals surface area contributed by atoms with Crippen LogP contribution >= 0.6 is 38.5 Å². The summed E-state index contributed by atoms with van der Waals surface area (Å²) in [7, 11) is -0.983. The average Bonchev–Trinajstić information content (AvgIpc) is 2.43. The largest absolute Gasteiger partial charge is 0.313 e. The van der Waals surface area contributed by atoms with Gasteiger partial charge in [0.2, 0.25) is 0 Å². The van der Waals surface area contributed by atoms with Crippen LogP contribution in [0, 0.1) is 9.49 Å². The summed E-state index contributed by atoms with van der Waals surface area (Å²) in [6.07, 6.45) is 4.99. The van der Waals surface area contributed by atoms with Crippen molar-refractivity contribution < 1.29 is 8.42 Å². The Balaban J connectivity index is 2.27. The molecule has 0 bridgehead atoms. The van der Waals surface area contributed by atoms with Crippen LogP contribution in [0.5, 0.6) is 0 Å². The molecule has 1 N–H and O–H groups in total. The first-order valence-electron chi connectivity index (χ1n) is 7.14. The number of sulfone groups is 1. The van der Waals surface area contributed by atoms with E-state index in [4.69, 9.17) is 0 Å². The molecule has 2 rings (SSSR count). The molecule has 0 saturated heterocycles. The van der Waals surface area contributed by atoms with Crippen LogP contribution in [0.15, 0.2) is 22.7 Å². The Morgan fingerprint density at radius 2 is 2.10 bits per heavy atom. The Morgan fingerprint density at radius 1 is 1.38 bits per heavy atom. The highest BCUT2D eigenvalue weighted by Gasteiger charge is 2.33. The molecule has 3 unspecified atom stereocenters. The smallest absolute Gasteiger partial charge is 0.150 e. The summed E-state index contributed by atoms with van der Waals surface area (Å²) in [6, 6.07) is 6.51. The minimum atomic E-state index is -2.94. The van der Waals surface area contributed by atoms with Crippen LogP contribution in [-0.2, 0) is 9.84 Å². The van der Waals surface area contributed by atoms with Gasteiger partial charge in [-0.15, -0.1) is 0 Å². The first-order valence-corrected chi connectivity index (χ1v) is 11.0. The first kappa shape index (κ1) is 17.7. The van der Waals surface area contributed by atoms with Crippen LogP contribution in [0.1, 0.15) is 37.3 Å². The van der Waals surface area contributed by atoms with Gasteiger partial charge in [0.05, 0.1) is 5.25 Å². The van der Waals surface area contributed by atoms with E-state index in [1.54, 1.807) is 0 Å². The lowest BCUT2D eigenvalue weighted by molar-refractivity contribution is 0.282. The SMILES string of the molecule is CNC(c1cc(I)ccc1Br)C1CCCC(S(C)(=O)=O)C1. The van der Waals surface area contributed by atoms with Crippen molar-refractivity contribution in [2.24, 2.45) is 5.92 Å². The zero-order valence-corrected chi connectivity index (χ0v) is 16.8. The van der Waals surface area contributed by atoms with Crippen LogP contribution in [0.25, 0.3) is 0 Å². The van der Waals surface area contributed by atoms with Crippen LogP contribution in [0.2, 0.25) is 0 Å². The molecule has 0 radical (unpaired) electrons. The molecule has 118 valence electrons. The summed E-state index contributed by atoms with van der Waals surface area (Å²) >= 11 is 5.95. The van der Waals surface area contributed by atoms with Crippen molar-refractivity contribution in [3.05, 3.63) is 31.8 Å². The van der Waals surface area contributed by atoms with Gasteiger partial charge in [0, 0.05) is 20.3 Å². The van der Waals surface area contributed by atoms with E-state index >= 15 is 0 Å². The minimum absolute atomic E-state index is 0.186. The number of hydrogen-bond donors (Lipinski definition) is 1. The summed E-state index contributed by atoms with van der Waals surface area (Å²) in [4.78, 5) is 0. The maximum absolute atomic E-state index is 11.9. The highest BCUT2D eigenvalue weighted by Crippen LogP contribution is 2.39. The summed E-state index contributed by atoms with van der Waals surface area (Å²) in [5, 5.41) is 3.21. The molecule has 1 aromatic rings. The summed E-state index contributed by atoms with van der Waals surface area (Å²) in [5.74, 6) is 0.359. The molecule has 6 heteroatoms. The molecule has 1 fully saturated rings. The summed E-state index contributed by atoms with van der Waals surface area (Å²) < 4.78 is 26.0. The van der Waals surface area contributed by atoms with Gasteiger partial charge in [-0.1, -0.05) is 22.4 Å². The van der Waals surface area contributed by atoms with E-state index in [1.807, 2.05) is 7.05 Å². The van der Waals surface area contributed by atoms with Gasteiger partial charge < -0.3 is 5.32 Å². The second-order valence-electron chi connectivity index (χ2n) is 5.81. The third-order valence-corrected chi connectivity index (χ3v) is 7.38. The molecule has 1 aromatic carbocycles. The molecular weight excluding hydrogens is 465 g/mol. The predicted octanol–water partition coefficient (Wildman–Crippen LogP) is 3.92. The van der Waals surface area contributed by atoms with Crippen LogP contribution in [0.4, 0.5) is 0 Å². The van der Waals surface area contributed by atoms with Crippen molar-refractivity contribution in [2.45, 2.75) is 37.0 Å². The number of rotatable bonds is 4. The van der Waals surface area contributed by atoms with E-state index in [1.165, 1.54) is 15.4 Å². The Labute approximate surface area is 149 Å². The standard InChI is InChI=1S/C15H21BrINO2S/c1-18-15(13-9-11(17)6-7-14(13)16)10-4-3-5-12(8-10)21(2,19)20/h6-7,9-10,12,15,18H,3-5,8H2,1-2H3. The Kier molecular flexibility index (Phi) is 6.13. The van der Waals surface area contributed by atoms with Gasteiger partial charge in [-0.05, 0) is 78.6 Å². The monoisotopic (exact) mass is 485 g/mol. The fraction of sp³-hybridized carbons (Fsp3) is 0.600. The number of nitrogens with one attached hydrogen (secondary N) is 1. The normalized spacial score (nSPS) is 24.8. The maximum atomic E-state index is 11.9. The van der Waals surface area contributed by atoms with Crippen molar-refractivity contribution in [1.29, 1.82) is 0 Å². The molecule has 1 aliphatic carbocycles. The second kappa shape index (κ2) is 7.27. The zero-order valence-electron chi connectivity index (χ0n) is 12.3. The molecule has 0 heterocycles. The average molecular weight is 486 g/mol. The van der Waals surface area contributed by atoms with Gasteiger partial charge in [-0.3, -0.25) is 0 Å². The van der Waals surface area contributed by atoms with Gasteiger partial charge in [0.1, 0.15) is 9.84 Å². The number of halogens is 2. The predicted molar refractivity (Wildman–Crippen MR) is 99.2 cm³/mol. The molecule has 1 aliphatic rings. The molecule has 0 spiro atoms. The van der Waals surface area contributed by atoms with Crippen LogP contribution in [-0.4, -0.2) is 27.0 Å². The van der Waals surface area contributed by atoms with E-state index in [9.17, 15) is 8.42 Å². The van der Waals surface area contributed by atoms with E-state index in [0.29, 0.717) is 5.92 Å². The Hall–Kier alpha value is 0.340. The lowest BCUT2D eigenvalue weighted by atomic mass is 9.81. The quantitative estimate of drug-likeness (QED) is 0.657. The molecule has 1 saturated carbocycles. The molecule has 3 nitrogen and oxygen atoms in total. The Bertz CT molecular complexity index is 606. The van der Waals surface area contributed by atoms with Gasteiger partial charge in [0.15, 0.2) is 0 Å². The summed E-state index contributed by atoms with van der Waals surface area (Å²) in [6.45, 7) is 0. The fourth-order valence-corrected chi connectivity index (χ4v) is 5.47. The molecular formula is C15H21BrINO2S. The second-order valence-corrected chi connectivity index (χ2v) is 10.2. The van der Waals surface area contributed by atoms with E-state index in [0.717, 1.165) is 30.2 Å². The first-order chi connectivity index (χ1) is 9.82. The van der Waals surface area contributed by atoms with E-state index in [-0.39, 0.29) is 11.3 Å². The van der Waals surface area contributed by atoms with Crippen LogP contribution < -0.4 is 5.32 Å². The van der Waals surface area contributed by atoms with Crippen molar-refractivity contribution in [3.63, 3.8) is 0 Å². The fourth-order valence-electron chi connectivity index (χ4n) is 3.27. The minimum Gasteiger partial charge on any atom is -0.313 e. The maximum Gasteiger partial charge on any atom is 0.150 e. The van der Waals surface area contributed by atoms with E-state index < -0.39 is 9.84 Å². The van der Waals surface area contributed by atoms with Crippen LogP contribution in [0.3, 0.4) is 0 Å². The lowest BCUT2D eigenvalue weighted by Gasteiger charge is -2.34. The Morgan fingerprint density at radius 3 is 2.71 bits per heavy atom. The molecule has 3 atom stereocenters. The third kappa shape index (κ3) is 4.42. The molecule has 0 amide bonds. The van der Waals surface area contributed by atoms with Crippen molar-refractivity contribution in [3.8, 4) is 0 Å². The van der Waals surface area contributed by atoms with Gasteiger partial charge in [0.25, 0.3) is 0 Å². The zero-order chi connectivity index (χ0) is 15.6. The van der Waals surface area contributed by atoms with E-state index in [2.05, 4.69) is 62.0 Å². The number of hydrogen-bond acceptors (Lipinski definition) is 3. The van der Waals surface area contributed by atoms with Crippen molar-refractivity contribution in [2.75, 3.05) is 13.3 Å². The highest BCUT2D eigenvalue weighted by atomic mass is 127. The van der Waals surface area contributed by atoms with Gasteiger partial charge >= 0.3 is 0 Å².